The molecule has 0 aromatic heterocycles. The summed E-state index contributed by atoms with van der Waals surface area (Å²) in [5.74, 6) is 0.600. The van der Waals surface area contributed by atoms with Gasteiger partial charge in [-0.3, -0.25) is 9.69 Å². The van der Waals surface area contributed by atoms with Crippen LogP contribution in [0.25, 0.3) is 0 Å². The number of fused-ring (bicyclic) bond motifs is 1. The number of hydrogen-bond acceptors (Lipinski definition) is 5. The zero-order chi connectivity index (χ0) is 20.4. The third kappa shape index (κ3) is 4.62. The van der Waals surface area contributed by atoms with E-state index in [2.05, 4.69) is 10.2 Å². The van der Waals surface area contributed by atoms with Gasteiger partial charge in [0, 0.05) is 41.7 Å². The van der Waals surface area contributed by atoms with Crippen molar-refractivity contribution < 1.29 is 13.2 Å². The number of hydrogen-bond donors (Lipinski definition) is 1. The van der Waals surface area contributed by atoms with Gasteiger partial charge in [0.05, 0.1) is 17.3 Å². The topological polar surface area (TPSA) is 69.7 Å². The molecule has 2 aliphatic rings. The quantitative estimate of drug-likeness (QED) is 0.768. The Balaban J connectivity index is 1.54. The van der Waals surface area contributed by atoms with E-state index in [4.69, 9.17) is 11.6 Å². The summed E-state index contributed by atoms with van der Waals surface area (Å²) in [5, 5.41) is 3.50. The molecule has 0 aliphatic carbocycles. The highest BCUT2D eigenvalue weighted by molar-refractivity contribution is 7.99. The zero-order valence-corrected chi connectivity index (χ0v) is 18.2. The molecule has 0 radical (unpaired) electrons. The minimum Gasteiger partial charge on any atom is -0.325 e. The molecule has 2 aromatic rings. The fourth-order valence-corrected chi connectivity index (χ4v) is 6.16. The molecule has 0 unspecified atom stereocenters. The van der Waals surface area contributed by atoms with Crippen LogP contribution in [-0.2, 0) is 21.4 Å². The van der Waals surface area contributed by atoms with Gasteiger partial charge in [0.15, 0.2) is 0 Å². The molecule has 2 aromatic carbocycles. The Hall–Kier alpha value is -1.58. The highest BCUT2D eigenvalue weighted by Crippen LogP contribution is 2.33. The Morgan fingerprint density at radius 1 is 1.14 bits per heavy atom. The van der Waals surface area contributed by atoms with Crippen molar-refractivity contribution in [2.75, 3.05) is 30.8 Å². The molecule has 0 spiro atoms. The molecule has 1 N–H and O–H groups in total. The monoisotopic (exact) mass is 451 g/mol. The molecule has 1 fully saturated rings. The normalized spacial score (nSPS) is 18.7. The van der Waals surface area contributed by atoms with Gasteiger partial charge in [-0.25, -0.2) is 8.42 Å². The summed E-state index contributed by atoms with van der Waals surface area (Å²) >= 11 is 7.82. The third-order valence-corrected chi connectivity index (χ3v) is 8.31. The number of rotatable bonds is 4. The van der Waals surface area contributed by atoms with Gasteiger partial charge < -0.3 is 5.32 Å². The lowest BCUT2D eigenvalue weighted by atomic mass is 10.2. The van der Waals surface area contributed by atoms with Gasteiger partial charge in [0.25, 0.3) is 0 Å². The van der Waals surface area contributed by atoms with E-state index in [0.29, 0.717) is 42.6 Å². The lowest BCUT2D eigenvalue weighted by molar-refractivity contribution is -0.115. The summed E-state index contributed by atoms with van der Waals surface area (Å²) in [6.45, 7) is 2.20. The molecule has 9 heteroatoms. The van der Waals surface area contributed by atoms with Crippen molar-refractivity contribution in [3.8, 4) is 0 Å². The van der Waals surface area contributed by atoms with Gasteiger partial charge >= 0.3 is 0 Å². The second-order valence-electron chi connectivity index (χ2n) is 7.12. The van der Waals surface area contributed by atoms with Gasteiger partial charge in [-0.2, -0.15) is 4.31 Å². The number of carbonyl (C=O) groups excluding carboxylic acids is 1. The first-order valence-corrected chi connectivity index (χ1v) is 12.3. The molecular weight excluding hydrogens is 430 g/mol. The summed E-state index contributed by atoms with van der Waals surface area (Å²) in [7, 11) is -3.66. The number of halogens is 1. The Morgan fingerprint density at radius 2 is 1.97 bits per heavy atom. The van der Waals surface area contributed by atoms with Crippen LogP contribution >= 0.6 is 23.4 Å². The van der Waals surface area contributed by atoms with Crippen LogP contribution in [0.15, 0.2) is 52.3 Å². The first-order valence-electron chi connectivity index (χ1n) is 9.46. The number of benzene rings is 2. The molecule has 29 heavy (non-hydrogen) atoms. The Bertz CT molecular complexity index is 1030. The SMILES string of the molecule is O=C1CCSc2ccc(S(=O)(=O)N3CCCN(Cc4ccccc4Cl)C3)cc2N1. The van der Waals surface area contributed by atoms with Gasteiger partial charge in [0.1, 0.15) is 0 Å². The fraction of sp³-hybridized carbons (Fsp3) is 0.350. The minimum absolute atomic E-state index is 0.0883. The highest BCUT2D eigenvalue weighted by atomic mass is 35.5. The number of nitrogens with one attached hydrogen (secondary N) is 1. The Morgan fingerprint density at radius 3 is 2.79 bits per heavy atom. The van der Waals surface area contributed by atoms with E-state index < -0.39 is 10.0 Å². The molecule has 2 heterocycles. The predicted octanol–water partition coefficient (Wildman–Crippen LogP) is 3.63. The maximum Gasteiger partial charge on any atom is 0.244 e. The highest BCUT2D eigenvalue weighted by Gasteiger charge is 2.30. The average Bonchev–Trinajstić information content (AvgIpc) is 2.90. The number of amides is 1. The molecular formula is C20H22ClN3O3S2. The zero-order valence-electron chi connectivity index (χ0n) is 15.8. The van der Waals surface area contributed by atoms with E-state index in [0.717, 1.165) is 23.4 Å². The van der Waals surface area contributed by atoms with Gasteiger partial charge in [-0.05, 0) is 36.2 Å². The van der Waals surface area contributed by atoms with E-state index in [1.165, 1.54) is 4.31 Å². The van der Waals surface area contributed by atoms with Gasteiger partial charge in [-0.1, -0.05) is 29.8 Å². The second kappa shape index (κ2) is 8.65. The van der Waals surface area contributed by atoms with Crippen molar-refractivity contribution in [1.82, 2.24) is 9.21 Å². The number of anilines is 1. The smallest absolute Gasteiger partial charge is 0.244 e. The van der Waals surface area contributed by atoms with Crippen LogP contribution < -0.4 is 5.32 Å². The molecule has 0 bridgehead atoms. The van der Waals surface area contributed by atoms with Crippen molar-refractivity contribution in [3.05, 3.63) is 53.1 Å². The molecule has 1 saturated heterocycles. The molecule has 0 saturated carbocycles. The fourth-order valence-electron chi connectivity index (χ4n) is 3.54. The number of thioether (sulfide) groups is 1. The molecule has 4 rings (SSSR count). The van der Waals surface area contributed by atoms with E-state index in [1.807, 2.05) is 24.3 Å². The van der Waals surface area contributed by atoms with Gasteiger partial charge in [0.2, 0.25) is 15.9 Å². The first-order chi connectivity index (χ1) is 13.9. The molecule has 6 nitrogen and oxygen atoms in total. The summed E-state index contributed by atoms with van der Waals surface area (Å²) < 4.78 is 28.0. The van der Waals surface area contributed by atoms with E-state index in [1.54, 1.807) is 30.0 Å². The lowest BCUT2D eigenvalue weighted by Gasteiger charge is -2.35. The van der Waals surface area contributed by atoms with Crippen molar-refractivity contribution in [2.24, 2.45) is 0 Å². The molecule has 1 amide bonds. The van der Waals surface area contributed by atoms with Crippen LogP contribution in [0.3, 0.4) is 0 Å². The average molecular weight is 452 g/mol. The first kappa shape index (κ1) is 20.7. The van der Waals surface area contributed by atoms with Crippen molar-refractivity contribution in [1.29, 1.82) is 0 Å². The van der Waals surface area contributed by atoms with E-state index in [9.17, 15) is 13.2 Å². The Labute approximate surface area is 180 Å². The third-order valence-electron chi connectivity index (χ3n) is 5.04. The number of sulfonamides is 1. The Kier molecular flexibility index (Phi) is 6.17. The molecule has 154 valence electrons. The van der Waals surface area contributed by atoms with E-state index >= 15 is 0 Å². The second-order valence-corrected chi connectivity index (χ2v) is 10.6. The maximum atomic E-state index is 13.3. The van der Waals surface area contributed by atoms with Crippen molar-refractivity contribution >= 4 is 45.0 Å². The van der Waals surface area contributed by atoms with Crippen LogP contribution in [0, 0.1) is 0 Å². The summed E-state index contributed by atoms with van der Waals surface area (Å²) in [5.41, 5.74) is 1.56. The van der Waals surface area contributed by atoms with E-state index in [-0.39, 0.29) is 10.8 Å². The van der Waals surface area contributed by atoms with Crippen LogP contribution in [0.1, 0.15) is 18.4 Å². The van der Waals surface area contributed by atoms with Crippen LogP contribution in [0.4, 0.5) is 5.69 Å². The predicted molar refractivity (Wildman–Crippen MR) is 116 cm³/mol. The molecule has 2 aliphatic heterocycles. The summed E-state index contributed by atoms with van der Waals surface area (Å²) in [6, 6.07) is 12.6. The number of nitrogens with zero attached hydrogens (tertiary/aromatic N) is 2. The molecule has 0 atom stereocenters. The minimum atomic E-state index is -3.66. The van der Waals surface area contributed by atoms with Crippen LogP contribution in [-0.4, -0.2) is 49.0 Å². The maximum absolute atomic E-state index is 13.3. The summed E-state index contributed by atoms with van der Waals surface area (Å²) in [4.78, 5) is 15.0. The summed E-state index contributed by atoms with van der Waals surface area (Å²) in [6.07, 6.45) is 1.17. The number of carbonyl (C=O) groups is 1. The van der Waals surface area contributed by atoms with Crippen molar-refractivity contribution in [2.45, 2.75) is 29.2 Å². The van der Waals surface area contributed by atoms with Gasteiger partial charge in [-0.15, -0.1) is 11.8 Å². The standard InChI is InChI=1S/C20H22ClN3O3S2/c21-17-5-2-1-4-15(17)13-23-9-3-10-24(14-23)29(26,27)16-6-7-19-18(12-16)22-20(25)8-11-28-19/h1-2,4-7,12H,3,8-11,13-14H2,(H,22,25). The van der Waals surface area contributed by atoms with Crippen molar-refractivity contribution in [3.63, 3.8) is 0 Å². The largest absolute Gasteiger partial charge is 0.325 e. The lowest BCUT2D eigenvalue weighted by Crippen LogP contribution is -2.47. The van der Waals surface area contributed by atoms with Crippen LogP contribution in [0.2, 0.25) is 5.02 Å². The van der Waals surface area contributed by atoms with Crippen LogP contribution in [0.5, 0.6) is 0 Å².